The van der Waals surface area contributed by atoms with Crippen LogP contribution in [0.2, 0.25) is 0 Å². The van der Waals surface area contributed by atoms with Gasteiger partial charge in [0.2, 0.25) is 12.7 Å². The summed E-state index contributed by atoms with van der Waals surface area (Å²) in [6.45, 7) is 4.48. The maximum absolute atomic E-state index is 11.0. The first kappa shape index (κ1) is 17.4. The van der Waals surface area contributed by atoms with Gasteiger partial charge in [0, 0.05) is 29.6 Å². The number of hydrogen-bond acceptors (Lipinski definition) is 4. The van der Waals surface area contributed by atoms with E-state index < -0.39 is 0 Å². The fourth-order valence-electron chi connectivity index (χ4n) is 4.66. The Balaban J connectivity index is 1.66. The van der Waals surface area contributed by atoms with Crippen molar-refractivity contribution in [1.82, 2.24) is 14.1 Å². The third kappa shape index (κ3) is 2.26. The summed E-state index contributed by atoms with van der Waals surface area (Å²) in [5.74, 6) is 1.66. The molecule has 0 unspecified atom stereocenters. The van der Waals surface area contributed by atoms with Crippen LogP contribution in [0.25, 0.3) is 10.9 Å². The molecule has 2 aromatic carbocycles. The molecule has 4 heterocycles. The van der Waals surface area contributed by atoms with Crippen LogP contribution in [0.3, 0.4) is 0 Å². The molecule has 0 radical (unpaired) electrons. The highest BCUT2D eigenvalue weighted by Crippen LogP contribution is 2.44. The molecule has 0 fully saturated rings. The number of hydrogen-bond donors (Lipinski definition) is 2. The van der Waals surface area contributed by atoms with Crippen molar-refractivity contribution in [2.24, 2.45) is 0 Å². The Morgan fingerprint density at radius 2 is 2.03 bits per heavy atom. The molecular formula is C23H19N3O3S. The molecule has 0 saturated carbocycles. The van der Waals surface area contributed by atoms with Gasteiger partial charge in [0.1, 0.15) is 6.04 Å². The summed E-state index contributed by atoms with van der Waals surface area (Å²) in [6.07, 6.45) is 2.34. The van der Waals surface area contributed by atoms with Crippen LogP contribution in [0.5, 0.6) is 17.4 Å². The van der Waals surface area contributed by atoms with Crippen LogP contribution in [0.4, 0.5) is 0 Å². The molecule has 0 spiro atoms. The molecule has 0 amide bonds. The van der Waals surface area contributed by atoms with Crippen molar-refractivity contribution in [2.75, 3.05) is 6.79 Å². The van der Waals surface area contributed by atoms with Gasteiger partial charge >= 0.3 is 0 Å². The zero-order chi connectivity index (χ0) is 20.4. The van der Waals surface area contributed by atoms with Gasteiger partial charge in [-0.15, -0.1) is 6.58 Å². The maximum Gasteiger partial charge on any atom is 0.231 e. The molecule has 1 atom stereocenters. The van der Waals surface area contributed by atoms with Crippen LogP contribution in [-0.4, -0.2) is 26.0 Å². The lowest BCUT2D eigenvalue weighted by Crippen LogP contribution is -2.21. The van der Waals surface area contributed by atoms with Crippen LogP contribution in [0.15, 0.2) is 55.1 Å². The number of fused-ring (bicyclic) bond motifs is 5. The highest BCUT2D eigenvalue weighted by molar-refractivity contribution is 7.71. The summed E-state index contributed by atoms with van der Waals surface area (Å²) in [5.41, 5.74) is 5.15. The first-order valence-electron chi connectivity index (χ1n) is 9.80. The summed E-state index contributed by atoms with van der Waals surface area (Å²) in [6, 6.07) is 14.0. The quantitative estimate of drug-likeness (QED) is 0.331. The van der Waals surface area contributed by atoms with Gasteiger partial charge in [-0.3, -0.25) is 4.57 Å². The van der Waals surface area contributed by atoms with Crippen LogP contribution < -0.4 is 9.47 Å². The summed E-state index contributed by atoms with van der Waals surface area (Å²) < 4.78 is 15.5. The minimum Gasteiger partial charge on any atom is -0.493 e. The molecule has 2 N–H and O–H groups in total. The standard InChI is InChI=1S/C23H19N3O3S/c1-2-9-25-22(27)17-11-15-14-5-3-4-6-16(14)24-20(15)21(26(17)23(25)30)13-7-8-18-19(10-13)29-12-28-18/h2-8,10,21,24,27H,1,9,11-12H2/t21-/m1/s1. The fraction of sp³-hybridized carbons (Fsp3) is 0.174. The van der Waals surface area contributed by atoms with E-state index in [0.717, 1.165) is 39.4 Å². The van der Waals surface area contributed by atoms with Gasteiger partial charge in [0.05, 0.1) is 5.69 Å². The minimum absolute atomic E-state index is 0.196. The first-order valence-corrected chi connectivity index (χ1v) is 10.2. The zero-order valence-electron chi connectivity index (χ0n) is 16.1. The van der Waals surface area contributed by atoms with Crippen molar-refractivity contribution in [3.63, 3.8) is 0 Å². The second-order valence-electron chi connectivity index (χ2n) is 7.58. The molecule has 30 heavy (non-hydrogen) atoms. The third-order valence-corrected chi connectivity index (χ3v) is 6.41. The maximum atomic E-state index is 11.0. The Labute approximate surface area is 177 Å². The van der Waals surface area contributed by atoms with Crippen LogP contribution in [0, 0.1) is 4.77 Å². The smallest absolute Gasteiger partial charge is 0.231 e. The number of ether oxygens (including phenoxy) is 2. The number of allylic oxidation sites excluding steroid dienone is 1. The van der Waals surface area contributed by atoms with Crippen LogP contribution in [0.1, 0.15) is 28.6 Å². The summed E-state index contributed by atoms with van der Waals surface area (Å²) in [5, 5.41) is 12.2. The molecule has 2 aromatic heterocycles. The number of aromatic nitrogens is 3. The summed E-state index contributed by atoms with van der Waals surface area (Å²) in [7, 11) is 0. The Hall–Kier alpha value is -3.45. The lowest BCUT2D eigenvalue weighted by molar-refractivity contribution is 0.174. The lowest BCUT2D eigenvalue weighted by Gasteiger charge is -2.27. The number of aromatic amines is 1. The van der Waals surface area contributed by atoms with E-state index in [9.17, 15) is 5.11 Å². The Morgan fingerprint density at radius 1 is 1.20 bits per heavy atom. The minimum atomic E-state index is -0.213. The molecule has 4 aromatic rings. The molecule has 6 nitrogen and oxygen atoms in total. The SMILES string of the molecule is C=CCn1c(O)c2n(c1=S)[C@H](c1ccc3c(c1)OCO3)c1[nH]c3ccccc3c1C2. The predicted octanol–water partition coefficient (Wildman–Crippen LogP) is 4.66. The predicted molar refractivity (Wildman–Crippen MR) is 116 cm³/mol. The topological polar surface area (TPSA) is 64.3 Å². The van der Waals surface area contributed by atoms with Crippen molar-refractivity contribution < 1.29 is 14.6 Å². The average Bonchev–Trinajstić information content (AvgIpc) is 3.44. The van der Waals surface area contributed by atoms with Crippen LogP contribution >= 0.6 is 12.2 Å². The fourth-order valence-corrected chi connectivity index (χ4v) is 5.04. The van der Waals surface area contributed by atoms with Gasteiger partial charge in [-0.1, -0.05) is 30.3 Å². The van der Waals surface area contributed by atoms with E-state index in [0.29, 0.717) is 17.7 Å². The van der Waals surface area contributed by atoms with Crippen molar-refractivity contribution in [3.8, 4) is 17.4 Å². The Kier molecular flexibility index (Phi) is 3.64. The highest BCUT2D eigenvalue weighted by Gasteiger charge is 2.34. The molecule has 6 rings (SSSR count). The molecule has 7 heteroatoms. The second-order valence-corrected chi connectivity index (χ2v) is 7.94. The third-order valence-electron chi connectivity index (χ3n) is 5.99. The van der Waals surface area contributed by atoms with E-state index in [1.807, 2.05) is 34.9 Å². The average molecular weight is 417 g/mol. The van der Waals surface area contributed by atoms with Gasteiger partial charge in [-0.05, 0) is 41.5 Å². The number of aromatic hydroxyl groups is 1. The van der Waals surface area contributed by atoms with Crippen molar-refractivity contribution in [3.05, 3.63) is 82.4 Å². The van der Waals surface area contributed by atoms with E-state index in [-0.39, 0.29) is 18.7 Å². The highest BCUT2D eigenvalue weighted by atomic mass is 32.1. The van der Waals surface area contributed by atoms with Crippen LogP contribution in [-0.2, 0) is 13.0 Å². The summed E-state index contributed by atoms with van der Waals surface area (Å²) in [4.78, 5) is 3.61. The van der Waals surface area contributed by atoms with E-state index in [1.165, 1.54) is 5.56 Å². The van der Waals surface area contributed by atoms with Gasteiger partial charge in [-0.2, -0.15) is 0 Å². The molecule has 2 aliphatic heterocycles. The number of H-pyrrole nitrogens is 1. The van der Waals surface area contributed by atoms with Crippen molar-refractivity contribution in [2.45, 2.75) is 19.0 Å². The molecule has 0 aliphatic carbocycles. The monoisotopic (exact) mass is 417 g/mol. The van der Waals surface area contributed by atoms with Gasteiger partial charge in [0.25, 0.3) is 0 Å². The normalized spacial score (nSPS) is 16.5. The number of benzene rings is 2. The Morgan fingerprint density at radius 3 is 2.90 bits per heavy atom. The molecule has 0 bridgehead atoms. The van der Waals surface area contributed by atoms with Gasteiger partial charge < -0.3 is 24.1 Å². The zero-order valence-corrected chi connectivity index (χ0v) is 16.9. The summed E-state index contributed by atoms with van der Waals surface area (Å²) >= 11 is 5.80. The van der Waals surface area contributed by atoms with E-state index in [4.69, 9.17) is 21.7 Å². The van der Waals surface area contributed by atoms with Gasteiger partial charge in [-0.25, -0.2) is 0 Å². The molecule has 150 valence electrons. The van der Waals surface area contributed by atoms with Crippen molar-refractivity contribution in [1.29, 1.82) is 0 Å². The largest absolute Gasteiger partial charge is 0.493 e. The van der Waals surface area contributed by atoms with Crippen molar-refractivity contribution >= 4 is 23.1 Å². The first-order chi connectivity index (χ1) is 14.7. The van der Waals surface area contributed by atoms with E-state index in [2.05, 4.69) is 23.7 Å². The van der Waals surface area contributed by atoms with Gasteiger partial charge in [0.15, 0.2) is 16.3 Å². The van der Waals surface area contributed by atoms with E-state index in [1.54, 1.807) is 10.6 Å². The molecular weight excluding hydrogens is 398 g/mol. The number of nitrogens with one attached hydrogen (secondary N) is 1. The number of imidazole rings is 1. The Bertz CT molecular complexity index is 1390. The molecule has 0 saturated heterocycles. The van der Waals surface area contributed by atoms with E-state index >= 15 is 0 Å². The second kappa shape index (κ2) is 6.27. The molecule has 2 aliphatic rings. The lowest BCUT2D eigenvalue weighted by atomic mass is 9.93. The number of nitrogens with zero attached hydrogens (tertiary/aromatic N) is 2. The number of para-hydroxylation sites is 1. The number of rotatable bonds is 3.